The number of hydrogen-bond donors (Lipinski definition) is 2. The van der Waals surface area contributed by atoms with Crippen LogP contribution >= 0.6 is 0 Å². The fourth-order valence-corrected chi connectivity index (χ4v) is 2.06. The Morgan fingerprint density at radius 3 is 2.79 bits per heavy atom. The molecule has 0 aromatic rings. The van der Waals surface area contributed by atoms with Crippen LogP contribution < -0.4 is 5.32 Å². The molecule has 0 radical (unpaired) electrons. The van der Waals surface area contributed by atoms with Gasteiger partial charge in [0.1, 0.15) is 0 Å². The lowest BCUT2D eigenvalue weighted by Crippen LogP contribution is -2.38. The van der Waals surface area contributed by atoms with Crippen molar-refractivity contribution in [3.8, 4) is 0 Å². The van der Waals surface area contributed by atoms with E-state index >= 15 is 0 Å². The van der Waals surface area contributed by atoms with E-state index in [0.717, 1.165) is 32.4 Å². The summed E-state index contributed by atoms with van der Waals surface area (Å²) in [6, 6.07) is 0.497. The number of carboxylic acids is 1. The maximum atomic E-state index is 10.9. The summed E-state index contributed by atoms with van der Waals surface area (Å²) >= 11 is 0. The molecule has 0 spiro atoms. The number of hydrogen-bond acceptors (Lipinski definition) is 3. The molecule has 0 amide bonds. The third-order valence-electron chi connectivity index (χ3n) is 3.43. The van der Waals surface area contributed by atoms with E-state index < -0.39 is 11.4 Å². The van der Waals surface area contributed by atoms with E-state index in [-0.39, 0.29) is 0 Å². The van der Waals surface area contributed by atoms with Gasteiger partial charge in [-0.05, 0) is 32.9 Å². The molecule has 0 aromatic heterocycles. The summed E-state index contributed by atoms with van der Waals surface area (Å²) in [6.45, 7) is 2.83. The molecule has 2 N–H and O–H groups in total. The number of aliphatic carboxylic acids is 1. The monoisotopic (exact) mass is 198 g/mol. The van der Waals surface area contributed by atoms with E-state index in [2.05, 4.69) is 17.3 Å². The van der Waals surface area contributed by atoms with Crippen molar-refractivity contribution in [1.82, 2.24) is 10.2 Å². The Hall–Kier alpha value is -0.610. The molecule has 0 bridgehead atoms. The molecule has 1 unspecified atom stereocenters. The van der Waals surface area contributed by atoms with Gasteiger partial charge in [-0.25, -0.2) is 0 Å². The second-order valence-electron chi connectivity index (χ2n) is 4.71. The second kappa shape index (κ2) is 3.51. The van der Waals surface area contributed by atoms with Crippen molar-refractivity contribution >= 4 is 5.97 Å². The summed E-state index contributed by atoms with van der Waals surface area (Å²) in [6.07, 6.45) is 2.84. The summed E-state index contributed by atoms with van der Waals surface area (Å²) in [7, 11) is 2.10. The van der Waals surface area contributed by atoms with E-state index in [0.29, 0.717) is 12.6 Å². The molecule has 4 heteroatoms. The van der Waals surface area contributed by atoms with Crippen molar-refractivity contribution in [3.05, 3.63) is 0 Å². The third-order valence-corrected chi connectivity index (χ3v) is 3.43. The minimum absolute atomic E-state index is 0.416. The maximum Gasteiger partial charge on any atom is 0.310 e. The van der Waals surface area contributed by atoms with Crippen LogP contribution in [0.15, 0.2) is 0 Å². The predicted octanol–water partition coefficient (Wildman–Crippen LogP) is 0.145. The van der Waals surface area contributed by atoms with Gasteiger partial charge in [0, 0.05) is 19.1 Å². The highest BCUT2D eigenvalue weighted by atomic mass is 16.4. The number of rotatable bonds is 4. The number of carboxylic acid groups (broad SMARTS) is 1. The molecule has 1 heterocycles. The molecule has 14 heavy (non-hydrogen) atoms. The Labute approximate surface area is 84.3 Å². The molecule has 1 saturated carbocycles. The molecule has 1 aliphatic carbocycles. The SMILES string of the molecule is CN1CCC(NCC2(C(=O)O)CC2)C1. The van der Waals surface area contributed by atoms with Crippen LogP contribution in [0.5, 0.6) is 0 Å². The molecular weight excluding hydrogens is 180 g/mol. The van der Waals surface area contributed by atoms with Crippen LogP contribution in [0.4, 0.5) is 0 Å². The summed E-state index contributed by atoms with van der Waals surface area (Å²) in [5.41, 5.74) is -0.416. The lowest BCUT2D eigenvalue weighted by atomic mass is 10.1. The highest BCUT2D eigenvalue weighted by Crippen LogP contribution is 2.45. The Bertz CT molecular complexity index is 238. The molecule has 2 aliphatic rings. The van der Waals surface area contributed by atoms with Gasteiger partial charge in [0.15, 0.2) is 0 Å². The minimum Gasteiger partial charge on any atom is -0.481 e. The number of carbonyl (C=O) groups is 1. The van der Waals surface area contributed by atoms with E-state index in [1.165, 1.54) is 0 Å². The molecular formula is C10H18N2O2. The van der Waals surface area contributed by atoms with Gasteiger partial charge >= 0.3 is 5.97 Å². The highest BCUT2D eigenvalue weighted by Gasteiger charge is 2.50. The number of nitrogens with zero attached hydrogens (tertiary/aromatic N) is 1. The lowest BCUT2D eigenvalue weighted by molar-refractivity contribution is -0.143. The average Bonchev–Trinajstić information content (AvgIpc) is 2.82. The third kappa shape index (κ3) is 1.91. The first-order valence-corrected chi connectivity index (χ1v) is 5.28. The Kier molecular flexibility index (Phi) is 2.49. The number of nitrogens with one attached hydrogen (secondary N) is 1. The molecule has 1 atom stereocenters. The zero-order valence-corrected chi connectivity index (χ0v) is 8.62. The van der Waals surface area contributed by atoms with Crippen molar-refractivity contribution in [2.24, 2.45) is 5.41 Å². The molecule has 2 rings (SSSR count). The van der Waals surface area contributed by atoms with Crippen LogP contribution in [0.3, 0.4) is 0 Å². The van der Waals surface area contributed by atoms with Crippen molar-refractivity contribution in [1.29, 1.82) is 0 Å². The van der Waals surface area contributed by atoms with Crippen LogP contribution in [0.1, 0.15) is 19.3 Å². The Morgan fingerprint density at radius 1 is 1.64 bits per heavy atom. The molecule has 1 saturated heterocycles. The van der Waals surface area contributed by atoms with Gasteiger partial charge in [0.25, 0.3) is 0 Å². The van der Waals surface area contributed by atoms with Crippen LogP contribution in [-0.2, 0) is 4.79 Å². The molecule has 80 valence electrons. The Morgan fingerprint density at radius 2 is 2.36 bits per heavy atom. The lowest BCUT2D eigenvalue weighted by Gasteiger charge is -2.16. The molecule has 1 aliphatic heterocycles. The van der Waals surface area contributed by atoms with Gasteiger partial charge in [-0.1, -0.05) is 0 Å². The van der Waals surface area contributed by atoms with Gasteiger partial charge in [0.2, 0.25) is 0 Å². The summed E-state index contributed by atoms with van der Waals surface area (Å²) in [5, 5.41) is 12.4. The van der Waals surface area contributed by atoms with Crippen molar-refractivity contribution in [2.75, 3.05) is 26.7 Å². The minimum atomic E-state index is -0.628. The van der Waals surface area contributed by atoms with Crippen molar-refractivity contribution < 1.29 is 9.90 Å². The average molecular weight is 198 g/mol. The predicted molar refractivity (Wildman–Crippen MR) is 53.2 cm³/mol. The van der Waals surface area contributed by atoms with Crippen molar-refractivity contribution in [3.63, 3.8) is 0 Å². The smallest absolute Gasteiger partial charge is 0.310 e. The van der Waals surface area contributed by atoms with Crippen molar-refractivity contribution in [2.45, 2.75) is 25.3 Å². The molecule has 2 fully saturated rings. The van der Waals surface area contributed by atoms with Gasteiger partial charge < -0.3 is 15.3 Å². The zero-order valence-electron chi connectivity index (χ0n) is 8.62. The van der Waals surface area contributed by atoms with Gasteiger partial charge in [-0.2, -0.15) is 0 Å². The normalized spacial score (nSPS) is 30.5. The quantitative estimate of drug-likeness (QED) is 0.675. The summed E-state index contributed by atoms with van der Waals surface area (Å²) in [4.78, 5) is 13.2. The van der Waals surface area contributed by atoms with E-state index in [9.17, 15) is 4.79 Å². The standard InChI is InChI=1S/C10H18N2O2/c1-12-5-2-8(6-12)11-7-10(3-4-10)9(13)14/h8,11H,2-7H2,1H3,(H,13,14). The first-order valence-electron chi connectivity index (χ1n) is 5.28. The van der Waals surface area contributed by atoms with E-state index in [4.69, 9.17) is 5.11 Å². The van der Waals surface area contributed by atoms with E-state index in [1.807, 2.05) is 0 Å². The summed E-state index contributed by atoms with van der Waals surface area (Å²) in [5.74, 6) is -0.628. The fraction of sp³-hybridized carbons (Fsp3) is 0.900. The first kappa shape index (κ1) is 9.93. The number of likely N-dealkylation sites (tertiary alicyclic amines) is 1. The van der Waals surface area contributed by atoms with Crippen LogP contribution in [-0.4, -0.2) is 48.7 Å². The zero-order chi connectivity index (χ0) is 10.2. The first-order chi connectivity index (χ1) is 6.62. The largest absolute Gasteiger partial charge is 0.481 e. The number of likely N-dealkylation sites (N-methyl/N-ethyl adjacent to an activating group) is 1. The summed E-state index contributed by atoms with van der Waals surface area (Å²) < 4.78 is 0. The van der Waals surface area contributed by atoms with Crippen LogP contribution in [0.2, 0.25) is 0 Å². The Balaban J connectivity index is 1.75. The molecule has 0 aromatic carbocycles. The van der Waals surface area contributed by atoms with E-state index in [1.54, 1.807) is 0 Å². The fourth-order valence-electron chi connectivity index (χ4n) is 2.06. The molecule has 4 nitrogen and oxygen atoms in total. The van der Waals surface area contributed by atoms with Crippen LogP contribution in [0, 0.1) is 5.41 Å². The van der Waals surface area contributed by atoms with Crippen LogP contribution in [0.25, 0.3) is 0 Å². The second-order valence-corrected chi connectivity index (χ2v) is 4.71. The van der Waals surface area contributed by atoms with Gasteiger partial charge in [0.05, 0.1) is 5.41 Å². The topological polar surface area (TPSA) is 52.6 Å². The van der Waals surface area contributed by atoms with Gasteiger partial charge in [-0.15, -0.1) is 0 Å². The maximum absolute atomic E-state index is 10.9. The highest BCUT2D eigenvalue weighted by molar-refractivity contribution is 5.78. The van der Waals surface area contributed by atoms with Gasteiger partial charge in [-0.3, -0.25) is 4.79 Å².